The molecule has 1 N–H and O–H groups in total. The minimum Gasteiger partial charge on any atom is -0.445 e. The Morgan fingerprint density at radius 1 is 1.13 bits per heavy atom. The van der Waals surface area contributed by atoms with Crippen LogP contribution in [0.25, 0.3) is 0 Å². The zero-order valence-electron chi connectivity index (χ0n) is 16.4. The number of alkyl halides is 3. The van der Waals surface area contributed by atoms with Gasteiger partial charge in [-0.2, -0.15) is 13.2 Å². The summed E-state index contributed by atoms with van der Waals surface area (Å²) in [7, 11) is 0. The summed E-state index contributed by atoms with van der Waals surface area (Å²) in [6.07, 6.45) is -5.83. The fraction of sp³-hybridized carbons (Fsp3) is 0.409. The minimum atomic E-state index is -4.75. The number of amides is 1. The summed E-state index contributed by atoms with van der Waals surface area (Å²) in [5.74, 6) is -0.873. The maximum absolute atomic E-state index is 13.8. The van der Waals surface area contributed by atoms with Crippen molar-refractivity contribution in [1.29, 1.82) is 0 Å². The number of carbonyl (C=O) groups is 1. The third kappa shape index (κ3) is 4.38. The number of ether oxygens (including phenoxy) is 2. The molecule has 2 aliphatic rings. The summed E-state index contributed by atoms with van der Waals surface area (Å²) < 4.78 is 65.2. The van der Waals surface area contributed by atoms with E-state index in [0.717, 1.165) is 17.7 Å². The van der Waals surface area contributed by atoms with Crippen LogP contribution in [0.2, 0.25) is 0 Å². The standard InChI is InChI=1S/C22H21F4NO4/c23-15-6-7-18(22(24,25)26)19(8-15)21(29)9-16-12-30-13-17(10-21)27(16)20(28)31-11-14-4-2-1-3-5-14/h1-8,16-17,29H,9-13H2. The second kappa shape index (κ2) is 8.12. The van der Waals surface area contributed by atoms with Crippen molar-refractivity contribution in [2.24, 2.45) is 0 Å². The van der Waals surface area contributed by atoms with E-state index < -0.39 is 46.9 Å². The van der Waals surface area contributed by atoms with Gasteiger partial charge in [0.2, 0.25) is 0 Å². The van der Waals surface area contributed by atoms with Crippen LogP contribution in [-0.2, 0) is 27.9 Å². The number of benzene rings is 2. The SMILES string of the molecule is O=C(OCc1ccccc1)N1C2COCC1CC(O)(c1cc(F)ccc1C(F)(F)F)C2. The third-order valence-electron chi connectivity index (χ3n) is 5.76. The summed E-state index contributed by atoms with van der Waals surface area (Å²) in [4.78, 5) is 14.2. The molecule has 4 rings (SSSR count). The minimum absolute atomic E-state index is 0.0376. The van der Waals surface area contributed by atoms with E-state index in [4.69, 9.17) is 9.47 Å². The molecular formula is C22H21F4NO4. The molecule has 166 valence electrons. The van der Waals surface area contributed by atoms with Crippen LogP contribution < -0.4 is 0 Å². The van der Waals surface area contributed by atoms with Crippen molar-refractivity contribution in [2.75, 3.05) is 13.2 Å². The molecular weight excluding hydrogens is 418 g/mol. The number of halogens is 4. The maximum atomic E-state index is 13.8. The molecule has 31 heavy (non-hydrogen) atoms. The number of fused-ring (bicyclic) bond motifs is 2. The summed E-state index contributed by atoms with van der Waals surface area (Å²) >= 11 is 0. The van der Waals surface area contributed by atoms with Crippen LogP contribution in [0.3, 0.4) is 0 Å². The molecule has 2 bridgehead atoms. The van der Waals surface area contributed by atoms with Gasteiger partial charge in [0, 0.05) is 12.8 Å². The van der Waals surface area contributed by atoms with Gasteiger partial charge in [0.05, 0.1) is 36.5 Å². The molecule has 0 aliphatic carbocycles. The van der Waals surface area contributed by atoms with Gasteiger partial charge in [0.25, 0.3) is 0 Å². The van der Waals surface area contributed by atoms with Crippen molar-refractivity contribution in [2.45, 2.75) is 43.3 Å². The van der Waals surface area contributed by atoms with Gasteiger partial charge in [-0.1, -0.05) is 30.3 Å². The van der Waals surface area contributed by atoms with Gasteiger partial charge >= 0.3 is 12.3 Å². The lowest BCUT2D eigenvalue weighted by molar-refractivity contribution is -0.153. The Kier molecular flexibility index (Phi) is 5.65. The average Bonchev–Trinajstić information content (AvgIpc) is 2.71. The molecule has 0 radical (unpaired) electrons. The van der Waals surface area contributed by atoms with Crippen LogP contribution in [0.1, 0.15) is 29.5 Å². The summed E-state index contributed by atoms with van der Waals surface area (Å²) in [6, 6.07) is 9.72. The van der Waals surface area contributed by atoms with Crippen LogP contribution in [0.15, 0.2) is 48.5 Å². The van der Waals surface area contributed by atoms with Crippen molar-refractivity contribution in [3.8, 4) is 0 Å². The van der Waals surface area contributed by atoms with E-state index in [1.165, 1.54) is 4.90 Å². The van der Waals surface area contributed by atoms with Crippen LogP contribution >= 0.6 is 0 Å². The molecule has 2 fully saturated rings. The highest BCUT2D eigenvalue weighted by Crippen LogP contribution is 2.45. The largest absolute Gasteiger partial charge is 0.445 e. The third-order valence-corrected chi connectivity index (χ3v) is 5.76. The molecule has 2 aliphatic heterocycles. The van der Waals surface area contributed by atoms with Crippen molar-refractivity contribution in [3.05, 3.63) is 71.0 Å². The molecule has 5 nitrogen and oxygen atoms in total. The van der Waals surface area contributed by atoms with Gasteiger partial charge in [-0.15, -0.1) is 0 Å². The number of piperidine rings is 1. The molecule has 2 saturated heterocycles. The summed E-state index contributed by atoms with van der Waals surface area (Å²) in [5.41, 5.74) is -2.77. The number of carbonyl (C=O) groups excluding carboxylic acids is 1. The predicted molar refractivity (Wildman–Crippen MR) is 101 cm³/mol. The lowest BCUT2D eigenvalue weighted by atomic mass is 9.75. The van der Waals surface area contributed by atoms with Crippen molar-refractivity contribution < 1.29 is 36.9 Å². The molecule has 2 unspecified atom stereocenters. The monoisotopic (exact) mass is 439 g/mol. The van der Waals surface area contributed by atoms with Crippen molar-refractivity contribution in [1.82, 2.24) is 4.90 Å². The number of rotatable bonds is 3. The molecule has 2 aromatic carbocycles. The number of hydrogen-bond acceptors (Lipinski definition) is 4. The molecule has 0 saturated carbocycles. The Bertz CT molecular complexity index is 936. The number of aliphatic hydroxyl groups is 1. The Hall–Kier alpha value is -2.65. The highest BCUT2D eigenvalue weighted by Gasteiger charge is 2.52. The zero-order valence-corrected chi connectivity index (χ0v) is 16.4. The Morgan fingerprint density at radius 2 is 1.77 bits per heavy atom. The average molecular weight is 439 g/mol. The molecule has 9 heteroatoms. The van der Waals surface area contributed by atoms with E-state index in [0.29, 0.717) is 6.07 Å². The molecule has 2 heterocycles. The maximum Gasteiger partial charge on any atom is 0.416 e. The first kappa shape index (κ1) is 21.6. The number of hydrogen-bond donors (Lipinski definition) is 1. The fourth-order valence-corrected chi connectivity index (χ4v) is 4.44. The lowest BCUT2D eigenvalue weighted by Crippen LogP contribution is -2.62. The first-order chi connectivity index (χ1) is 14.7. The smallest absolute Gasteiger partial charge is 0.416 e. The molecule has 2 atom stereocenters. The number of nitrogens with zero attached hydrogens (tertiary/aromatic N) is 1. The fourth-order valence-electron chi connectivity index (χ4n) is 4.44. The lowest BCUT2D eigenvalue weighted by Gasteiger charge is -2.51. The molecule has 0 spiro atoms. The summed E-state index contributed by atoms with van der Waals surface area (Å²) in [6.45, 7) is 0.120. The molecule has 2 aromatic rings. The van der Waals surface area contributed by atoms with Crippen LogP contribution in [0, 0.1) is 5.82 Å². The number of morpholine rings is 1. The van der Waals surface area contributed by atoms with E-state index in [1.54, 1.807) is 12.1 Å². The Balaban J connectivity index is 1.57. The van der Waals surface area contributed by atoms with Gasteiger partial charge in [-0.3, -0.25) is 4.90 Å². The van der Waals surface area contributed by atoms with Gasteiger partial charge in [-0.25, -0.2) is 9.18 Å². The van der Waals surface area contributed by atoms with Gasteiger partial charge in [0.15, 0.2) is 0 Å². The predicted octanol–water partition coefficient (Wildman–Crippen LogP) is 4.23. The van der Waals surface area contributed by atoms with E-state index in [2.05, 4.69) is 0 Å². The Labute approximate surface area is 176 Å². The quantitative estimate of drug-likeness (QED) is 0.728. The summed E-state index contributed by atoms with van der Waals surface area (Å²) in [5, 5.41) is 11.2. The van der Waals surface area contributed by atoms with E-state index in [-0.39, 0.29) is 32.7 Å². The second-order valence-corrected chi connectivity index (χ2v) is 7.92. The van der Waals surface area contributed by atoms with Gasteiger partial charge in [0.1, 0.15) is 12.4 Å². The topological polar surface area (TPSA) is 59.0 Å². The van der Waals surface area contributed by atoms with Gasteiger partial charge < -0.3 is 14.6 Å². The van der Waals surface area contributed by atoms with Crippen molar-refractivity contribution >= 4 is 6.09 Å². The first-order valence-corrected chi connectivity index (χ1v) is 9.84. The molecule has 1 amide bonds. The first-order valence-electron chi connectivity index (χ1n) is 9.84. The normalized spacial score (nSPS) is 25.9. The second-order valence-electron chi connectivity index (χ2n) is 7.92. The van der Waals surface area contributed by atoms with Crippen LogP contribution in [-0.4, -0.2) is 41.4 Å². The zero-order chi connectivity index (χ0) is 22.2. The van der Waals surface area contributed by atoms with E-state index >= 15 is 0 Å². The highest BCUT2D eigenvalue weighted by molar-refractivity contribution is 5.69. The highest BCUT2D eigenvalue weighted by atomic mass is 19.4. The molecule has 0 aromatic heterocycles. The Morgan fingerprint density at radius 3 is 2.39 bits per heavy atom. The van der Waals surface area contributed by atoms with E-state index in [1.807, 2.05) is 18.2 Å². The van der Waals surface area contributed by atoms with Crippen molar-refractivity contribution in [3.63, 3.8) is 0 Å². The van der Waals surface area contributed by atoms with Gasteiger partial charge in [-0.05, 0) is 29.3 Å². The van der Waals surface area contributed by atoms with Crippen LogP contribution in [0.4, 0.5) is 22.4 Å². The van der Waals surface area contributed by atoms with E-state index in [9.17, 15) is 27.5 Å². The van der Waals surface area contributed by atoms with Crippen LogP contribution in [0.5, 0.6) is 0 Å².